The molecule has 7 heteroatoms. The van der Waals surface area contributed by atoms with Gasteiger partial charge in [0.15, 0.2) is 0 Å². The molecule has 0 saturated carbocycles. The lowest BCUT2D eigenvalue weighted by Gasteiger charge is -2.20. The Morgan fingerprint density at radius 3 is 2.57 bits per heavy atom. The van der Waals surface area contributed by atoms with E-state index < -0.39 is 17.9 Å². The molecule has 1 saturated heterocycles. The third kappa shape index (κ3) is 4.54. The molecule has 0 bridgehead atoms. The van der Waals surface area contributed by atoms with Gasteiger partial charge in [-0.2, -0.15) is 0 Å². The number of rotatable bonds is 6. The number of carbonyl (C=O) groups is 3. The molecule has 1 fully saturated rings. The van der Waals surface area contributed by atoms with E-state index in [0.717, 1.165) is 10.0 Å². The second kappa shape index (κ2) is 7.59. The van der Waals surface area contributed by atoms with Gasteiger partial charge in [0.25, 0.3) is 0 Å². The Balaban J connectivity index is 2.08. The van der Waals surface area contributed by atoms with Crippen LogP contribution in [-0.4, -0.2) is 40.9 Å². The number of nitrogens with zero attached hydrogens (tertiary/aromatic N) is 1. The van der Waals surface area contributed by atoms with Crippen LogP contribution in [0.2, 0.25) is 0 Å². The highest BCUT2D eigenvalue weighted by Crippen LogP contribution is 2.23. The quantitative estimate of drug-likeness (QED) is 0.786. The maximum Gasteiger partial charge on any atom is 0.305 e. The van der Waals surface area contributed by atoms with E-state index in [0.29, 0.717) is 13.1 Å². The first-order valence-electron chi connectivity index (χ1n) is 7.46. The van der Waals surface area contributed by atoms with E-state index in [1.807, 2.05) is 6.92 Å². The summed E-state index contributed by atoms with van der Waals surface area (Å²) in [5.74, 6) is -1.72. The van der Waals surface area contributed by atoms with E-state index in [1.54, 1.807) is 29.2 Å². The fourth-order valence-corrected chi connectivity index (χ4v) is 2.93. The van der Waals surface area contributed by atoms with Gasteiger partial charge in [-0.1, -0.05) is 28.1 Å². The van der Waals surface area contributed by atoms with Crippen molar-refractivity contribution in [1.82, 2.24) is 10.2 Å². The molecule has 23 heavy (non-hydrogen) atoms. The Kier molecular flexibility index (Phi) is 5.76. The number of likely N-dealkylation sites (tertiary alicyclic amines) is 1. The van der Waals surface area contributed by atoms with Crippen molar-refractivity contribution in [2.24, 2.45) is 5.92 Å². The molecule has 0 spiro atoms. The van der Waals surface area contributed by atoms with Gasteiger partial charge >= 0.3 is 5.97 Å². The summed E-state index contributed by atoms with van der Waals surface area (Å²) in [5.41, 5.74) is 0.723. The molecule has 1 aliphatic rings. The summed E-state index contributed by atoms with van der Waals surface area (Å²) in [4.78, 5) is 36.8. The zero-order chi connectivity index (χ0) is 17.0. The summed E-state index contributed by atoms with van der Waals surface area (Å²) in [7, 11) is 0. The molecule has 2 atom stereocenters. The van der Waals surface area contributed by atoms with Crippen molar-refractivity contribution >= 4 is 33.7 Å². The summed E-state index contributed by atoms with van der Waals surface area (Å²) in [5, 5.41) is 11.9. The number of nitrogens with one attached hydrogen (secondary N) is 1. The number of carbonyl (C=O) groups excluding carboxylic acids is 2. The van der Waals surface area contributed by atoms with Crippen LogP contribution in [0.3, 0.4) is 0 Å². The number of carboxylic acids is 1. The lowest BCUT2D eigenvalue weighted by Crippen LogP contribution is -2.36. The zero-order valence-corrected chi connectivity index (χ0v) is 14.4. The lowest BCUT2D eigenvalue weighted by atomic mass is 10.0. The molecule has 1 aliphatic heterocycles. The van der Waals surface area contributed by atoms with Crippen molar-refractivity contribution in [3.63, 3.8) is 0 Å². The van der Waals surface area contributed by atoms with Crippen LogP contribution in [0.25, 0.3) is 0 Å². The molecule has 2 N–H and O–H groups in total. The molecule has 1 aromatic rings. The maximum absolute atomic E-state index is 12.4. The van der Waals surface area contributed by atoms with Crippen LogP contribution in [0.5, 0.6) is 0 Å². The average molecular weight is 383 g/mol. The Labute approximate surface area is 143 Å². The van der Waals surface area contributed by atoms with Gasteiger partial charge in [0, 0.05) is 24.0 Å². The highest BCUT2D eigenvalue weighted by Gasteiger charge is 2.34. The monoisotopic (exact) mass is 382 g/mol. The van der Waals surface area contributed by atoms with Crippen LogP contribution in [0.15, 0.2) is 28.7 Å². The molecule has 124 valence electrons. The summed E-state index contributed by atoms with van der Waals surface area (Å²) < 4.78 is 0.877. The number of aliphatic carboxylic acids is 1. The Hall–Kier alpha value is -1.89. The van der Waals surface area contributed by atoms with Gasteiger partial charge in [-0.25, -0.2) is 0 Å². The molecule has 2 rings (SSSR count). The van der Waals surface area contributed by atoms with Crippen molar-refractivity contribution in [1.29, 1.82) is 0 Å². The van der Waals surface area contributed by atoms with Gasteiger partial charge in [-0.05, 0) is 24.6 Å². The molecule has 2 amide bonds. The maximum atomic E-state index is 12.4. The van der Waals surface area contributed by atoms with E-state index in [2.05, 4.69) is 21.2 Å². The van der Waals surface area contributed by atoms with Crippen molar-refractivity contribution in [2.45, 2.75) is 25.8 Å². The molecule has 1 heterocycles. The molecule has 6 nitrogen and oxygen atoms in total. The fourth-order valence-electron chi connectivity index (χ4n) is 2.66. The van der Waals surface area contributed by atoms with E-state index in [9.17, 15) is 14.4 Å². The number of carboxylic acid groups (broad SMARTS) is 1. The minimum atomic E-state index is -0.990. The standard InChI is InChI=1S/C16H19BrN2O4/c1-2-19-9-11(7-14(19)20)16(23)18-13(8-15(21)22)10-3-5-12(17)6-4-10/h3-6,11,13H,2,7-9H2,1H3,(H,18,23)(H,21,22)/t11-,13-/m1/s1. The summed E-state index contributed by atoms with van der Waals surface area (Å²) in [6, 6.07) is 6.54. The normalized spacial score (nSPS) is 18.8. The number of hydrogen-bond acceptors (Lipinski definition) is 3. The van der Waals surface area contributed by atoms with Crippen LogP contribution in [0.4, 0.5) is 0 Å². The summed E-state index contributed by atoms with van der Waals surface area (Å²) in [6.07, 6.45) is -0.0225. The second-order valence-corrected chi connectivity index (χ2v) is 6.46. The smallest absolute Gasteiger partial charge is 0.305 e. The minimum Gasteiger partial charge on any atom is -0.481 e. The van der Waals surface area contributed by atoms with Crippen LogP contribution in [0, 0.1) is 5.92 Å². The predicted octanol–water partition coefficient (Wildman–Crippen LogP) is 1.95. The number of amides is 2. The summed E-state index contributed by atoms with van der Waals surface area (Å²) in [6.45, 7) is 2.84. The minimum absolute atomic E-state index is 0.0360. The SMILES string of the molecule is CCN1C[C@H](C(=O)N[C@H](CC(=O)O)c2ccc(Br)cc2)CC1=O. The molecule has 0 aliphatic carbocycles. The Morgan fingerprint density at radius 2 is 2.04 bits per heavy atom. The van der Waals surface area contributed by atoms with E-state index >= 15 is 0 Å². The summed E-state index contributed by atoms with van der Waals surface area (Å²) >= 11 is 3.32. The van der Waals surface area contributed by atoms with Gasteiger partial charge in [0.05, 0.1) is 18.4 Å². The van der Waals surface area contributed by atoms with Crippen molar-refractivity contribution < 1.29 is 19.5 Å². The third-order valence-corrected chi connectivity index (χ3v) is 4.46. The van der Waals surface area contributed by atoms with E-state index in [-0.39, 0.29) is 24.7 Å². The fraction of sp³-hybridized carbons (Fsp3) is 0.438. The van der Waals surface area contributed by atoms with Gasteiger partial charge in [-0.15, -0.1) is 0 Å². The van der Waals surface area contributed by atoms with Gasteiger partial charge in [-0.3, -0.25) is 14.4 Å². The van der Waals surface area contributed by atoms with Crippen molar-refractivity contribution in [3.8, 4) is 0 Å². The largest absolute Gasteiger partial charge is 0.481 e. The first-order valence-corrected chi connectivity index (χ1v) is 8.25. The highest BCUT2D eigenvalue weighted by atomic mass is 79.9. The van der Waals surface area contributed by atoms with E-state index in [4.69, 9.17) is 5.11 Å². The zero-order valence-electron chi connectivity index (χ0n) is 12.8. The van der Waals surface area contributed by atoms with Gasteiger partial charge in [0.1, 0.15) is 0 Å². The van der Waals surface area contributed by atoms with Crippen molar-refractivity contribution in [2.75, 3.05) is 13.1 Å². The predicted molar refractivity (Wildman–Crippen MR) is 87.6 cm³/mol. The molecule has 0 radical (unpaired) electrons. The van der Waals surface area contributed by atoms with Crippen LogP contribution in [-0.2, 0) is 14.4 Å². The first-order chi connectivity index (χ1) is 10.9. The molecular weight excluding hydrogens is 364 g/mol. The van der Waals surface area contributed by atoms with Gasteiger partial charge < -0.3 is 15.3 Å². The topological polar surface area (TPSA) is 86.7 Å². The Bertz CT molecular complexity index is 603. The average Bonchev–Trinajstić information content (AvgIpc) is 2.88. The first kappa shape index (κ1) is 17.5. The molecular formula is C16H19BrN2O4. The third-order valence-electron chi connectivity index (χ3n) is 3.93. The van der Waals surface area contributed by atoms with Gasteiger partial charge in [0.2, 0.25) is 11.8 Å². The van der Waals surface area contributed by atoms with Crippen LogP contribution >= 0.6 is 15.9 Å². The second-order valence-electron chi connectivity index (χ2n) is 5.54. The lowest BCUT2D eigenvalue weighted by molar-refractivity contribution is -0.138. The van der Waals surface area contributed by atoms with Crippen molar-refractivity contribution in [3.05, 3.63) is 34.3 Å². The molecule has 0 unspecified atom stereocenters. The Morgan fingerprint density at radius 1 is 1.39 bits per heavy atom. The molecule has 1 aromatic carbocycles. The highest BCUT2D eigenvalue weighted by molar-refractivity contribution is 9.10. The number of halogens is 1. The van der Waals surface area contributed by atoms with Crippen LogP contribution < -0.4 is 5.32 Å². The van der Waals surface area contributed by atoms with E-state index in [1.165, 1.54) is 0 Å². The van der Waals surface area contributed by atoms with Crippen LogP contribution in [0.1, 0.15) is 31.4 Å². The number of benzene rings is 1. The number of hydrogen-bond donors (Lipinski definition) is 2. The molecule has 0 aromatic heterocycles.